The first kappa shape index (κ1) is 12.8. The number of aromatic amines is 1. The summed E-state index contributed by atoms with van der Waals surface area (Å²) in [6.45, 7) is 5.39. The molecule has 3 rings (SSSR count). The van der Waals surface area contributed by atoms with E-state index in [0.29, 0.717) is 18.2 Å². The third-order valence-corrected chi connectivity index (χ3v) is 3.80. The molecule has 1 aliphatic rings. The molecule has 5 heteroatoms. The van der Waals surface area contributed by atoms with Crippen LogP contribution < -0.4 is 0 Å². The van der Waals surface area contributed by atoms with E-state index in [-0.39, 0.29) is 5.91 Å². The second kappa shape index (κ2) is 5.07. The minimum atomic E-state index is 0.0221. The summed E-state index contributed by atoms with van der Waals surface area (Å²) in [6.07, 6.45) is 4.46. The van der Waals surface area contributed by atoms with Crippen LogP contribution in [0.2, 0.25) is 0 Å². The number of carbonyl (C=O) groups is 1. The summed E-state index contributed by atoms with van der Waals surface area (Å²) in [5, 5.41) is 0. The smallest absolute Gasteiger partial charge is 0.272 e. The zero-order valence-electron chi connectivity index (χ0n) is 11.8. The van der Waals surface area contributed by atoms with E-state index in [1.165, 1.54) is 0 Å². The maximum Gasteiger partial charge on any atom is 0.272 e. The molecule has 1 aliphatic heterocycles. The van der Waals surface area contributed by atoms with Gasteiger partial charge in [0.05, 0.1) is 0 Å². The Morgan fingerprint density at radius 3 is 2.95 bits per heavy atom. The minimum Gasteiger partial charge on any atom is -0.346 e. The topological polar surface area (TPSA) is 61.9 Å². The van der Waals surface area contributed by atoms with Gasteiger partial charge in [-0.15, -0.1) is 0 Å². The highest BCUT2D eigenvalue weighted by atomic mass is 16.2. The van der Waals surface area contributed by atoms with Gasteiger partial charge >= 0.3 is 0 Å². The van der Waals surface area contributed by atoms with Gasteiger partial charge in [0.25, 0.3) is 5.91 Å². The van der Waals surface area contributed by atoms with Crippen molar-refractivity contribution in [3.05, 3.63) is 47.3 Å². The van der Waals surface area contributed by atoms with Gasteiger partial charge in [0.2, 0.25) is 0 Å². The van der Waals surface area contributed by atoms with Gasteiger partial charge in [-0.05, 0) is 31.9 Å². The molecule has 0 spiro atoms. The molecule has 1 fully saturated rings. The summed E-state index contributed by atoms with van der Waals surface area (Å²) in [5.74, 6) is 1.31. The molecule has 0 aliphatic carbocycles. The quantitative estimate of drug-likeness (QED) is 0.908. The molecule has 1 atom stereocenters. The van der Waals surface area contributed by atoms with Crippen molar-refractivity contribution < 1.29 is 4.79 Å². The van der Waals surface area contributed by atoms with Crippen molar-refractivity contribution in [2.24, 2.45) is 0 Å². The number of carbonyl (C=O) groups excluding carboxylic acids is 1. The van der Waals surface area contributed by atoms with E-state index in [1.54, 1.807) is 6.20 Å². The summed E-state index contributed by atoms with van der Waals surface area (Å²) in [7, 11) is 0. The van der Waals surface area contributed by atoms with Crippen LogP contribution in [0.4, 0.5) is 0 Å². The molecule has 0 saturated carbocycles. The van der Waals surface area contributed by atoms with E-state index in [1.807, 2.05) is 37.1 Å². The normalized spacial score (nSPS) is 18.5. The Bertz CT molecular complexity index is 634. The number of imidazole rings is 1. The first-order chi connectivity index (χ1) is 9.65. The SMILES string of the molecule is Cc1cnc(C2CCN(C(=O)c3ncccc3C)C2)[nH]1. The molecule has 0 bridgehead atoms. The number of likely N-dealkylation sites (tertiary alicyclic amines) is 1. The summed E-state index contributed by atoms with van der Waals surface area (Å²) in [4.78, 5) is 26.2. The summed E-state index contributed by atoms with van der Waals surface area (Å²) in [6, 6.07) is 3.77. The van der Waals surface area contributed by atoms with Crippen LogP contribution in [0.15, 0.2) is 24.5 Å². The monoisotopic (exact) mass is 270 g/mol. The lowest BCUT2D eigenvalue weighted by atomic mass is 10.1. The van der Waals surface area contributed by atoms with Gasteiger partial charge in [-0.25, -0.2) is 4.98 Å². The van der Waals surface area contributed by atoms with E-state index < -0.39 is 0 Å². The van der Waals surface area contributed by atoms with E-state index >= 15 is 0 Å². The number of rotatable bonds is 2. The largest absolute Gasteiger partial charge is 0.346 e. The molecule has 1 saturated heterocycles. The number of nitrogens with zero attached hydrogens (tertiary/aromatic N) is 3. The van der Waals surface area contributed by atoms with Crippen molar-refractivity contribution in [1.82, 2.24) is 19.9 Å². The van der Waals surface area contributed by atoms with Crippen LogP contribution in [0.1, 0.15) is 39.9 Å². The number of amides is 1. The molecule has 20 heavy (non-hydrogen) atoms. The Morgan fingerprint density at radius 2 is 2.25 bits per heavy atom. The summed E-state index contributed by atoms with van der Waals surface area (Å²) >= 11 is 0. The van der Waals surface area contributed by atoms with Gasteiger partial charge in [0, 0.05) is 37.1 Å². The van der Waals surface area contributed by atoms with Crippen LogP contribution in [-0.4, -0.2) is 38.8 Å². The molecule has 1 unspecified atom stereocenters. The van der Waals surface area contributed by atoms with E-state index in [4.69, 9.17) is 0 Å². The molecular formula is C15H18N4O. The molecule has 2 aromatic rings. The van der Waals surface area contributed by atoms with E-state index in [2.05, 4.69) is 15.0 Å². The van der Waals surface area contributed by atoms with Gasteiger partial charge in [0.1, 0.15) is 11.5 Å². The molecular weight excluding hydrogens is 252 g/mol. The zero-order chi connectivity index (χ0) is 14.1. The van der Waals surface area contributed by atoms with Crippen molar-refractivity contribution in [1.29, 1.82) is 0 Å². The Kier molecular flexibility index (Phi) is 3.26. The number of aromatic nitrogens is 3. The van der Waals surface area contributed by atoms with Crippen LogP contribution in [-0.2, 0) is 0 Å². The van der Waals surface area contributed by atoms with Crippen LogP contribution >= 0.6 is 0 Å². The number of hydrogen-bond donors (Lipinski definition) is 1. The van der Waals surface area contributed by atoms with Crippen molar-refractivity contribution in [2.45, 2.75) is 26.2 Å². The zero-order valence-corrected chi connectivity index (χ0v) is 11.8. The van der Waals surface area contributed by atoms with E-state index in [9.17, 15) is 4.79 Å². The Balaban J connectivity index is 1.74. The summed E-state index contributed by atoms with van der Waals surface area (Å²) < 4.78 is 0. The van der Waals surface area contributed by atoms with Crippen molar-refractivity contribution >= 4 is 5.91 Å². The number of H-pyrrole nitrogens is 1. The second-order valence-corrected chi connectivity index (χ2v) is 5.36. The standard InChI is InChI=1S/C15H18N4O/c1-10-4-3-6-16-13(10)15(20)19-7-5-12(9-19)14-17-8-11(2)18-14/h3-4,6,8,12H,5,7,9H2,1-2H3,(H,17,18). The molecule has 0 aromatic carbocycles. The highest BCUT2D eigenvalue weighted by Crippen LogP contribution is 2.26. The van der Waals surface area contributed by atoms with Crippen molar-refractivity contribution in [2.75, 3.05) is 13.1 Å². The van der Waals surface area contributed by atoms with Gasteiger partial charge in [0.15, 0.2) is 0 Å². The number of pyridine rings is 1. The van der Waals surface area contributed by atoms with Gasteiger partial charge in [-0.1, -0.05) is 6.07 Å². The van der Waals surface area contributed by atoms with Crippen LogP contribution in [0.3, 0.4) is 0 Å². The minimum absolute atomic E-state index is 0.0221. The van der Waals surface area contributed by atoms with E-state index in [0.717, 1.165) is 30.0 Å². The van der Waals surface area contributed by atoms with Crippen molar-refractivity contribution in [3.8, 4) is 0 Å². The second-order valence-electron chi connectivity index (χ2n) is 5.36. The van der Waals surface area contributed by atoms with Gasteiger partial charge in [-0.2, -0.15) is 0 Å². The van der Waals surface area contributed by atoms with Crippen LogP contribution in [0, 0.1) is 13.8 Å². The third-order valence-electron chi connectivity index (χ3n) is 3.80. The molecule has 2 aromatic heterocycles. The molecule has 0 radical (unpaired) electrons. The lowest BCUT2D eigenvalue weighted by molar-refractivity contribution is 0.0784. The van der Waals surface area contributed by atoms with Crippen LogP contribution in [0.5, 0.6) is 0 Å². The first-order valence-electron chi connectivity index (χ1n) is 6.87. The fourth-order valence-corrected chi connectivity index (χ4v) is 2.67. The van der Waals surface area contributed by atoms with Gasteiger partial charge < -0.3 is 9.88 Å². The average Bonchev–Trinajstić information content (AvgIpc) is 3.07. The lowest BCUT2D eigenvalue weighted by Crippen LogP contribution is -2.29. The van der Waals surface area contributed by atoms with Crippen LogP contribution in [0.25, 0.3) is 0 Å². The number of aryl methyl sites for hydroxylation is 2. The number of hydrogen-bond acceptors (Lipinski definition) is 3. The van der Waals surface area contributed by atoms with Gasteiger partial charge in [-0.3, -0.25) is 9.78 Å². The Morgan fingerprint density at radius 1 is 1.40 bits per heavy atom. The molecule has 5 nitrogen and oxygen atoms in total. The first-order valence-corrected chi connectivity index (χ1v) is 6.87. The lowest BCUT2D eigenvalue weighted by Gasteiger charge is -2.16. The highest BCUT2D eigenvalue weighted by molar-refractivity contribution is 5.93. The fraction of sp³-hybridized carbons (Fsp3) is 0.400. The molecule has 3 heterocycles. The average molecular weight is 270 g/mol. The maximum absolute atomic E-state index is 12.5. The molecule has 1 amide bonds. The third kappa shape index (κ3) is 2.31. The Labute approximate surface area is 118 Å². The number of nitrogens with one attached hydrogen (secondary N) is 1. The molecule has 1 N–H and O–H groups in total. The predicted molar refractivity (Wildman–Crippen MR) is 75.6 cm³/mol. The van der Waals surface area contributed by atoms with Crippen molar-refractivity contribution in [3.63, 3.8) is 0 Å². The summed E-state index contributed by atoms with van der Waals surface area (Å²) in [5.41, 5.74) is 2.55. The maximum atomic E-state index is 12.5. The highest BCUT2D eigenvalue weighted by Gasteiger charge is 2.30. The predicted octanol–water partition coefficient (Wildman–Crippen LogP) is 2.05. The fourth-order valence-electron chi connectivity index (χ4n) is 2.67. The Hall–Kier alpha value is -2.17. The molecule has 104 valence electrons.